The number of fused-ring (bicyclic) bond motifs is 7. The Morgan fingerprint density at radius 2 is 1.84 bits per heavy atom. The predicted molar refractivity (Wildman–Crippen MR) is 127 cm³/mol. The summed E-state index contributed by atoms with van der Waals surface area (Å²) in [6.45, 7) is 1.80. The van der Waals surface area contributed by atoms with Crippen molar-refractivity contribution in [3.05, 3.63) is 63.2 Å². The lowest BCUT2D eigenvalue weighted by Gasteiger charge is -2.35. The molecule has 1 saturated heterocycles. The summed E-state index contributed by atoms with van der Waals surface area (Å²) < 4.78 is 2.19. The van der Waals surface area contributed by atoms with Gasteiger partial charge in [0, 0.05) is 24.7 Å². The van der Waals surface area contributed by atoms with Gasteiger partial charge < -0.3 is 9.69 Å². The first-order valence-corrected chi connectivity index (χ1v) is 12.1. The van der Waals surface area contributed by atoms with Gasteiger partial charge in [0.25, 0.3) is 5.56 Å². The fraction of sp³-hybridized carbons (Fsp3) is 0.423. The fourth-order valence-corrected chi connectivity index (χ4v) is 6.40. The zero-order valence-corrected chi connectivity index (χ0v) is 18.8. The molecule has 1 spiro atoms. The Morgan fingerprint density at radius 1 is 1.06 bits per heavy atom. The molecule has 1 aromatic heterocycles. The van der Waals surface area contributed by atoms with E-state index < -0.39 is 0 Å². The summed E-state index contributed by atoms with van der Waals surface area (Å²) in [5.41, 5.74) is 4.00. The number of anilines is 1. The molecule has 6 heteroatoms. The van der Waals surface area contributed by atoms with Crippen LogP contribution in [0.5, 0.6) is 0 Å². The molecule has 32 heavy (non-hydrogen) atoms. The molecule has 0 N–H and O–H groups in total. The second-order valence-corrected chi connectivity index (χ2v) is 9.92. The van der Waals surface area contributed by atoms with E-state index in [-0.39, 0.29) is 16.9 Å². The van der Waals surface area contributed by atoms with Gasteiger partial charge in [0.15, 0.2) is 0 Å². The van der Waals surface area contributed by atoms with Crippen LogP contribution in [0.4, 0.5) is 5.69 Å². The van der Waals surface area contributed by atoms with Crippen LogP contribution in [0.1, 0.15) is 56.3 Å². The van der Waals surface area contributed by atoms with E-state index in [1.165, 1.54) is 17.7 Å². The highest BCUT2D eigenvalue weighted by molar-refractivity contribution is 6.35. The summed E-state index contributed by atoms with van der Waals surface area (Å²) in [6.07, 6.45) is 8.43. The molecule has 0 unspecified atom stereocenters. The van der Waals surface area contributed by atoms with Crippen molar-refractivity contribution in [3.63, 3.8) is 0 Å². The summed E-state index contributed by atoms with van der Waals surface area (Å²) in [6, 6.07) is 12.4. The lowest BCUT2D eigenvalue weighted by molar-refractivity contribution is -0.111. The third-order valence-electron chi connectivity index (χ3n) is 7.83. The molecule has 0 bridgehead atoms. The van der Waals surface area contributed by atoms with Crippen LogP contribution in [0.3, 0.4) is 0 Å². The zero-order chi connectivity index (χ0) is 21.9. The Morgan fingerprint density at radius 3 is 2.59 bits per heavy atom. The number of carbonyl (C=O) groups is 1. The highest BCUT2D eigenvalue weighted by atomic mass is 35.5. The topological polar surface area (TPSA) is 55.2 Å². The lowest BCUT2D eigenvalue weighted by atomic mass is 9.69. The molecule has 1 saturated carbocycles. The van der Waals surface area contributed by atoms with E-state index in [4.69, 9.17) is 11.6 Å². The van der Waals surface area contributed by atoms with Crippen LogP contribution in [0.25, 0.3) is 16.6 Å². The van der Waals surface area contributed by atoms with Crippen molar-refractivity contribution in [1.82, 2.24) is 9.55 Å². The van der Waals surface area contributed by atoms with E-state index in [2.05, 4.69) is 32.7 Å². The van der Waals surface area contributed by atoms with E-state index in [0.717, 1.165) is 74.9 Å². The van der Waals surface area contributed by atoms with Crippen molar-refractivity contribution in [2.24, 2.45) is 5.92 Å². The van der Waals surface area contributed by atoms with E-state index in [1.807, 2.05) is 12.1 Å². The molecule has 3 heterocycles. The zero-order valence-electron chi connectivity index (χ0n) is 18.0. The highest BCUT2D eigenvalue weighted by Gasteiger charge is 2.46. The molecule has 0 radical (unpaired) electrons. The number of carbonyl (C=O) groups excluding carboxylic acids is 1. The maximum atomic E-state index is 13.1. The quantitative estimate of drug-likeness (QED) is 0.518. The largest absolute Gasteiger partial charge is 0.371 e. The fourth-order valence-electron chi connectivity index (χ4n) is 6.15. The van der Waals surface area contributed by atoms with Crippen LogP contribution in [0.15, 0.2) is 41.2 Å². The maximum absolute atomic E-state index is 13.1. The lowest BCUT2D eigenvalue weighted by Crippen LogP contribution is -2.35. The smallest absolute Gasteiger partial charge is 0.282 e. The van der Waals surface area contributed by atoms with Crippen LogP contribution >= 0.6 is 11.6 Å². The Hall–Kier alpha value is -2.66. The van der Waals surface area contributed by atoms with Crippen molar-refractivity contribution in [3.8, 4) is 5.69 Å². The molecule has 0 atom stereocenters. The molecule has 5 nitrogen and oxygen atoms in total. The number of benzene rings is 2. The van der Waals surface area contributed by atoms with Crippen LogP contribution in [-0.4, -0.2) is 28.9 Å². The highest BCUT2D eigenvalue weighted by Crippen LogP contribution is 2.52. The summed E-state index contributed by atoms with van der Waals surface area (Å²) in [4.78, 5) is 31.3. The number of rotatable bonds is 2. The van der Waals surface area contributed by atoms with Crippen molar-refractivity contribution in [1.29, 1.82) is 0 Å². The molecular formula is C26H26ClN3O2. The number of halogens is 1. The van der Waals surface area contributed by atoms with Gasteiger partial charge in [-0.15, -0.1) is 0 Å². The van der Waals surface area contributed by atoms with Gasteiger partial charge in [0.2, 0.25) is 0 Å². The van der Waals surface area contributed by atoms with Crippen LogP contribution in [0.2, 0.25) is 5.02 Å². The Balaban J connectivity index is 1.56. The SMILES string of the molecule is O=CC1CCN(c2ccc3c(c2)C2(CCCCC2)c2nc(=O)c4c(Cl)cccc4n2-3)CC1. The number of nitrogens with zero attached hydrogens (tertiary/aromatic N) is 3. The third kappa shape index (κ3) is 2.80. The van der Waals surface area contributed by atoms with Crippen molar-refractivity contribution >= 4 is 34.5 Å². The summed E-state index contributed by atoms with van der Waals surface area (Å²) in [7, 11) is 0. The number of hydrogen-bond donors (Lipinski definition) is 0. The average Bonchev–Trinajstić information content (AvgIpc) is 3.08. The second kappa shape index (κ2) is 7.45. The minimum Gasteiger partial charge on any atom is -0.371 e. The summed E-state index contributed by atoms with van der Waals surface area (Å²) in [5, 5.41) is 0.952. The Kier molecular flexibility index (Phi) is 4.65. The second-order valence-electron chi connectivity index (χ2n) is 9.51. The Labute approximate surface area is 192 Å². The standard InChI is InChI=1S/C26H26ClN3O2/c27-20-5-4-6-22-23(20)24(32)28-25-26(11-2-1-3-12-26)19-15-18(7-8-21(19)30(22)25)29-13-9-17(16-31)10-14-29/h4-8,15-17H,1-3,9-14H2. The van der Waals surface area contributed by atoms with Crippen molar-refractivity contribution in [2.75, 3.05) is 18.0 Å². The van der Waals surface area contributed by atoms with Crippen LogP contribution < -0.4 is 10.5 Å². The van der Waals surface area contributed by atoms with Gasteiger partial charge in [0.05, 0.1) is 27.0 Å². The molecule has 0 amide bonds. The first-order chi connectivity index (χ1) is 15.6. The van der Waals surface area contributed by atoms with Gasteiger partial charge in [-0.05, 0) is 61.6 Å². The number of hydrogen-bond acceptors (Lipinski definition) is 4. The van der Waals surface area contributed by atoms with Gasteiger partial charge in [-0.3, -0.25) is 9.36 Å². The van der Waals surface area contributed by atoms with E-state index in [0.29, 0.717) is 10.4 Å². The van der Waals surface area contributed by atoms with Crippen molar-refractivity contribution < 1.29 is 4.79 Å². The molecule has 3 aromatic rings. The van der Waals surface area contributed by atoms with Gasteiger partial charge in [-0.25, -0.2) is 0 Å². The van der Waals surface area contributed by atoms with Crippen LogP contribution in [0, 0.1) is 5.92 Å². The summed E-state index contributed by atoms with van der Waals surface area (Å²) >= 11 is 6.43. The van der Waals surface area contributed by atoms with E-state index in [1.54, 1.807) is 6.07 Å². The molecule has 1 aliphatic carbocycles. The molecule has 3 aliphatic rings. The first-order valence-electron chi connectivity index (χ1n) is 11.7. The average molecular weight is 448 g/mol. The molecule has 164 valence electrons. The molecule has 6 rings (SSSR count). The van der Waals surface area contributed by atoms with Gasteiger partial charge in [0.1, 0.15) is 12.1 Å². The van der Waals surface area contributed by atoms with Gasteiger partial charge >= 0.3 is 0 Å². The minimum atomic E-state index is -0.231. The molecule has 2 aliphatic heterocycles. The van der Waals surface area contributed by atoms with Gasteiger partial charge in [-0.1, -0.05) is 36.9 Å². The van der Waals surface area contributed by atoms with Crippen molar-refractivity contribution in [2.45, 2.75) is 50.4 Å². The number of aromatic nitrogens is 2. The molecule has 2 fully saturated rings. The normalized spacial score (nSPS) is 19.8. The number of piperidine rings is 1. The van der Waals surface area contributed by atoms with Crippen LogP contribution in [-0.2, 0) is 10.2 Å². The van der Waals surface area contributed by atoms with E-state index >= 15 is 0 Å². The minimum absolute atomic E-state index is 0.181. The Bertz CT molecular complexity index is 1280. The monoisotopic (exact) mass is 447 g/mol. The van der Waals surface area contributed by atoms with E-state index in [9.17, 15) is 9.59 Å². The third-order valence-corrected chi connectivity index (χ3v) is 8.15. The number of aldehydes is 1. The molecular weight excluding hydrogens is 422 g/mol. The predicted octanol–water partition coefficient (Wildman–Crippen LogP) is 5.02. The first kappa shape index (κ1) is 20.0. The summed E-state index contributed by atoms with van der Waals surface area (Å²) in [5.74, 6) is 1.06. The van der Waals surface area contributed by atoms with Gasteiger partial charge in [-0.2, -0.15) is 4.98 Å². The maximum Gasteiger partial charge on any atom is 0.282 e. The molecule has 2 aromatic carbocycles.